The molecule has 0 saturated carbocycles. The summed E-state index contributed by atoms with van der Waals surface area (Å²) in [6, 6.07) is 14.4. The number of hydrogen-bond acceptors (Lipinski definition) is 13. The van der Waals surface area contributed by atoms with E-state index in [1.807, 2.05) is 67.6 Å². The lowest BCUT2D eigenvalue weighted by Gasteiger charge is -2.52. The molecule has 3 fully saturated rings. The van der Waals surface area contributed by atoms with Gasteiger partial charge in [0.15, 0.2) is 11.4 Å². The van der Waals surface area contributed by atoms with Crippen LogP contribution in [0.2, 0.25) is 0 Å². The summed E-state index contributed by atoms with van der Waals surface area (Å²) in [6.07, 6.45) is 0.566. The molecule has 3 aliphatic heterocycles. The van der Waals surface area contributed by atoms with Crippen molar-refractivity contribution in [2.45, 2.75) is 174 Å². The number of rotatable bonds is 14. The summed E-state index contributed by atoms with van der Waals surface area (Å²) in [5.74, 6) is -6.42. The molecular formula is C52H76N4O11. The first-order chi connectivity index (χ1) is 31.7. The Balaban J connectivity index is 1.39. The quantitative estimate of drug-likeness (QED) is 0.0967. The Bertz CT molecular complexity index is 2170. The van der Waals surface area contributed by atoms with Gasteiger partial charge in [-0.1, -0.05) is 58.9 Å². The van der Waals surface area contributed by atoms with Gasteiger partial charge in [0.05, 0.1) is 41.9 Å². The third kappa shape index (κ3) is 10.9. The van der Waals surface area contributed by atoms with Crippen LogP contribution in [0.25, 0.3) is 10.9 Å². The molecule has 3 aliphatic rings. The summed E-state index contributed by atoms with van der Waals surface area (Å²) >= 11 is 0. The van der Waals surface area contributed by atoms with Crippen LogP contribution >= 0.6 is 0 Å². The van der Waals surface area contributed by atoms with Crippen LogP contribution in [0.5, 0.6) is 0 Å². The Kier molecular flexibility index (Phi) is 16.7. The number of carbonyl (C=O) groups is 4. The molecule has 0 radical (unpaired) electrons. The van der Waals surface area contributed by atoms with Gasteiger partial charge in [-0.3, -0.25) is 19.4 Å². The minimum absolute atomic E-state index is 0.120. The number of ketones is 1. The Morgan fingerprint density at radius 2 is 1.66 bits per heavy atom. The van der Waals surface area contributed by atoms with E-state index in [0.29, 0.717) is 31.6 Å². The molecule has 5 heterocycles. The van der Waals surface area contributed by atoms with E-state index in [4.69, 9.17) is 28.4 Å². The number of likely N-dealkylation sites (N-methyl/N-ethyl adjacent to an activating group) is 1. The van der Waals surface area contributed by atoms with Crippen LogP contribution in [-0.4, -0.2) is 135 Å². The van der Waals surface area contributed by atoms with Crippen molar-refractivity contribution < 1.29 is 52.7 Å². The van der Waals surface area contributed by atoms with Gasteiger partial charge in [-0.25, -0.2) is 4.79 Å². The number of unbranched alkanes of at least 4 members (excludes halogenated alkanes) is 1. The van der Waals surface area contributed by atoms with Crippen LogP contribution in [-0.2, 0) is 55.8 Å². The second-order valence-electron chi connectivity index (χ2n) is 20.0. The molecule has 1 N–H and O–H groups in total. The van der Waals surface area contributed by atoms with Crippen LogP contribution in [0.15, 0.2) is 60.9 Å². The fraction of sp³-hybridized carbons (Fsp3) is 0.673. The highest BCUT2D eigenvalue weighted by Gasteiger charge is 2.61. The molecule has 3 saturated heterocycles. The second-order valence-corrected chi connectivity index (χ2v) is 20.0. The maximum atomic E-state index is 15.1. The van der Waals surface area contributed by atoms with Gasteiger partial charge in [-0.05, 0) is 110 Å². The second kappa shape index (κ2) is 21.5. The Labute approximate surface area is 397 Å². The molecule has 3 aromatic rings. The lowest BCUT2D eigenvalue weighted by atomic mass is 9.73. The van der Waals surface area contributed by atoms with E-state index in [1.54, 1.807) is 50.1 Å². The molecule has 15 nitrogen and oxygen atoms in total. The van der Waals surface area contributed by atoms with E-state index in [9.17, 15) is 19.5 Å². The van der Waals surface area contributed by atoms with Crippen LogP contribution < -0.4 is 0 Å². The fourth-order valence-corrected chi connectivity index (χ4v) is 11.3. The molecular weight excluding hydrogens is 857 g/mol. The van der Waals surface area contributed by atoms with Gasteiger partial charge in [0.1, 0.15) is 24.1 Å². The van der Waals surface area contributed by atoms with Crippen molar-refractivity contribution >= 4 is 34.7 Å². The highest BCUT2D eigenvalue weighted by Crippen LogP contribution is 2.45. The minimum atomic E-state index is -1.60. The smallest absolute Gasteiger partial charge is 0.410 e. The number of cyclic esters (lactones) is 1. The lowest BCUT2D eigenvalue weighted by molar-refractivity contribution is -0.359. The molecule has 2 aromatic heterocycles. The van der Waals surface area contributed by atoms with E-state index >= 15 is 4.79 Å². The standard InChI is InChI=1S/C52H76N4O11/c1-13-41-51(9)45(56(49(61)67-51)27-20-19-26-55-28-24-37-21-15-16-23-39(37)55)34(5)43(58)32(3)31-50(8,62-12)47(66-52(10)46(59)40(54(11)14-2)29-33(4)65-52)35(6)44(36(7)48(60)63-41)64-42(57)30-38-22-17-18-25-53-38/h15-18,21-25,28,32-36,40-41,44-47,59H,13-14,19-20,26-27,29-31H2,1-12H3/t32-,33-,34+,35+,36-,40+,41-,44+,45-,46-,47-,50-,51-,52+/m1/s1. The Morgan fingerprint density at radius 3 is 2.33 bits per heavy atom. The molecule has 0 bridgehead atoms. The first kappa shape index (κ1) is 52.0. The molecule has 0 aliphatic carbocycles. The zero-order chi connectivity index (χ0) is 49.0. The number of hydrogen-bond donors (Lipinski definition) is 1. The monoisotopic (exact) mass is 933 g/mol. The number of methoxy groups -OCH3 is 1. The number of benzene rings is 1. The number of aromatic nitrogens is 2. The first-order valence-electron chi connectivity index (χ1n) is 24.4. The Hall–Kier alpha value is -4.41. The zero-order valence-corrected chi connectivity index (χ0v) is 41.8. The van der Waals surface area contributed by atoms with Crippen molar-refractivity contribution in [2.75, 3.05) is 27.2 Å². The van der Waals surface area contributed by atoms with Crippen molar-refractivity contribution in [3.8, 4) is 0 Å². The number of Topliss-reactive ketones (excluding diaryl/α,β-unsaturated/α-hetero) is 1. The highest BCUT2D eigenvalue weighted by molar-refractivity contribution is 5.85. The molecule has 1 aromatic carbocycles. The first-order valence-corrected chi connectivity index (χ1v) is 24.4. The van der Waals surface area contributed by atoms with E-state index in [2.05, 4.69) is 38.8 Å². The third-order valence-corrected chi connectivity index (χ3v) is 15.2. The summed E-state index contributed by atoms with van der Waals surface area (Å²) in [7, 11) is 3.48. The number of para-hydroxylation sites is 1. The third-order valence-electron chi connectivity index (χ3n) is 15.2. The summed E-state index contributed by atoms with van der Waals surface area (Å²) in [4.78, 5) is 66.1. The lowest BCUT2D eigenvalue weighted by Crippen LogP contribution is -2.65. The average molecular weight is 933 g/mol. The predicted octanol–water partition coefficient (Wildman–Crippen LogP) is 7.39. The summed E-state index contributed by atoms with van der Waals surface area (Å²) in [5.41, 5.74) is -1.13. The van der Waals surface area contributed by atoms with E-state index < -0.39 is 89.2 Å². The predicted molar refractivity (Wildman–Crippen MR) is 253 cm³/mol. The maximum absolute atomic E-state index is 15.1. The Morgan fingerprint density at radius 1 is 0.955 bits per heavy atom. The van der Waals surface area contributed by atoms with E-state index in [0.717, 1.165) is 23.9 Å². The zero-order valence-electron chi connectivity index (χ0n) is 41.8. The van der Waals surface area contributed by atoms with Crippen LogP contribution in [0.4, 0.5) is 4.79 Å². The topological polar surface area (TPSA) is 168 Å². The van der Waals surface area contributed by atoms with Gasteiger partial charge in [-0.15, -0.1) is 0 Å². The van der Waals surface area contributed by atoms with Gasteiger partial charge in [0.25, 0.3) is 0 Å². The summed E-state index contributed by atoms with van der Waals surface area (Å²) in [6.45, 7) is 19.9. The van der Waals surface area contributed by atoms with Gasteiger partial charge in [0.2, 0.25) is 0 Å². The van der Waals surface area contributed by atoms with Crippen LogP contribution in [0.3, 0.4) is 0 Å². The van der Waals surface area contributed by atoms with Gasteiger partial charge >= 0.3 is 18.0 Å². The molecule has 14 atom stereocenters. The molecule has 67 heavy (non-hydrogen) atoms. The largest absolute Gasteiger partial charge is 0.461 e. The van der Waals surface area contributed by atoms with Crippen molar-refractivity contribution in [1.82, 2.24) is 19.4 Å². The highest BCUT2D eigenvalue weighted by atomic mass is 16.7. The average Bonchev–Trinajstić information content (AvgIpc) is 3.84. The number of aliphatic hydroxyl groups excluding tert-OH is 1. The van der Waals surface area contributed by atoms with Gasteiger partial charge in [-0.2, -0.15) is 0 Å². The summed E-state index contributed by atoms with van der Waals surface area (Å²) in [5, 5.41) is 13.3. The van der Waals surface area contributed by atoms with Crippen molar-refractivity contribution in [1.29, 1.82) is 0 Å². The number of fused-ring (bicyclic) bond motifs is 2. The molecule has 0 unspecified atom stereocenters. The molecule has 1 amide bonds. The van der Waals surface area contributed by atoms with Gasteiger partial charge < -0.3 is 47.9 Å². The van der Waals surface area contributed by atoms with Gasteiger partial charge in [0, 0.05) is 61.9 Å². The maximum Gasteiger partial charge on any atom is 0.410 e. The van der Waals surface area contributed by atoms with E-state index in [1.165, 1.54) is 7.11 Å². The minimum Gasteiger partial charge on any atom is -0.461 e. The van der Waals surface area contributed by atoms with E-state index in [-0.39, 0.29) is 37.2 Å². The van der Waals surface area contributed by atoms with Crippen molar-refractivity contribution in [2.24, 2.45) is 23.7 Å². The SMILES string of the molecule is CC[C@H]1OC(=O)[C@H](C)[C@@H](OC(=O)Cc2ccccn2)[C@H](C)[C@@H](O[C@]2(C)O[C@H](C)C[C@H](N(C)CC)[C@H]2O)[C@](C)(OC)C[C@@H](C)C(=O)[C@H](C)[C@H]2N(CCCCn3ccc4ccccc43)C(=O)O[C@]12C. The van der Waals surface area contributed by atoms with Crippen molar-refractivity contribution in [3.05, 3.63) is 66.6 Å². The fourth-order valence-electron chi connectivity index (χ4n) is 11.3. The summed E-state index contributed by atoms with van der Waals surface area (Å²) < 4.78 is 41.4. The molecule has 6 rings (SSSR count). The number of pyridine rings is 1. The number of amides is 1. The number of aliphatic hydroxyl groups is 1. The molecule has 0 spiro atoms. The number of esters is 2. The number of nitrogens with zero attached hydrogens (tertiary/aromatic N) is 4. The normalized spacial score (nSPS) is 35.5. The number of aryl methyl sites for hydroxylation is 1. The molecule has 370 valence electrons. The van der Waals surface area contributed by atoms with Crippen molar-refractivity contribution in [3.63, 3.8) is 0 Å². The number of carbonyl (C=O) groups excluding carboxylic acids is 4. The van der Waals surface area contributed by atoms with Crippen LogP contribution in [0.1, 0.15) is 107 Å². The number of ether oxygens (including phenoxy) is 6. The van der Waals surface area contributed by atoms with Crippen LogP contribution in [0, 0.1) is 23.7 Å². The molecule has 15 heteroatoms.